The Labute approximate surface area is 245 Å². The minimum atomic E-state index is -4.47. The molecule has 0 bridgehead atoms. The standard InChI is InChI=1S/C34H18F6N2O2/c1-19-27-17-15-25(13-7-21-3-9-23(10-4-21)33(35,36)37)41(27)32(44)30-20(2)28-18-16-26(42(28)31(43)29(19)30)14-8-22-5-11-24(12-6-22)34(38,39)40/h3-6,9-12,15-18H,1-2H3. The van der Waals surface area contributed by atoms with Gasteiger partial charge in [0.2, 0.25) is 0 Å². The molecule has 0 atom stereocenters. The Bertz CT molecular complexity index is 2190. The van der Waals surface area contributed by atoms with Crippen molar-refractivity contribution in [3.63, 3.8) is 0 Å². The fourth-order valence-electron chi connectivity index (χ4n) is 5.24. The van der Waals surface area contributed by atoms with Gasteiger partial charge in [0.1, 0.15) is 11.4 Å². The van der Waals surface area contributed by atoms with Gasteiger partial charge in [0.25, 0.3) is 11.1 Å². The third kappa shape index (κ3) is 4.75. The normalized spacial score (nSPS) is 11.9. The van der Waals surface area contributed by atoms with Crippen molar-refractivity contribution < 1.29 is 26.3 Å². The number of fused-ring (bicyclic) bond motifs is 3. The van der Waals surface area contributed by atoms with E-state index in [9.17, 15) is 35.9 Å². The largest absolute Gasteiger partial charge is 0.416 e. The summed E-state index contributed by atoms with van der Waals surface area (Å²) in [6.07, 6.45) is -8.94. The molecule has 0 aliphatic rings. The number of pyridine rings is 2. The summed E-state index contributed by atoms with van der Waals surface area (Å²) in [4.78, 5) is 27.7. The lowest BCUT2D eigenvalue weighted by molar-refractivity contribution is -0.138. The van der Waals surface area contributed by atoms with Crippen molar-refractivity contribution in [2.24, 2.45) is 0 Å². The lowest BCUT2D eigenvalue weighted by Crippen LogP contribution is -2.24. The maximum absolute atomic E-state index is 13.8. The molecular weight excluding hydrogens is 582 g/mol. The summed E-state index contributed by atoms with van der Waals surface area (Å²) in [6.45, 7) is 3.40. The van der Waals surface area contributed by atoms with Crippen LogP contribution in [0.3, 0.4) is 0 Å². The van der Waals surface area contributed by atoms with Crippen LogP contribution >= 0.6 is 0 Å². The average molecular weight is 601 g/mol. The predicted molar refractivity (Wildman–Crippen MR) is 154 cm³/mol. The molecule has 0 unspecified atom stereocenters. The monoisotopic (exact) mass is 600 g/mol. The maximum atomic E-state index is 13.8. The Kier molecular flexibility index (Phi) is 6.55. The van der Waals surface area contributed by atoms with Gasteiger partial charge in [-0.25, -0.2) is 0 Å². The molecule has 2 aromatic carbocycles. The maximum Gasteiger partial charge on any atom is 0.416 e. The van der Waals surface area contributed by atoms with E-state index >= 15 is 0 Å². The first kappa shape index (κ1) is 28.6. The molecule has 4 nitrogen and oxygen atoms in total. The number of rotatable bonds is 0. The molecule has 4 aromatic heterocycles. The van der Waals surface area contributed by atoms with Gasteiger partial charge in [-0.2, -0.15) is 26.3 Å². The Hall–Kier alpha value is -5.48. The van der Waals surface area contributed by atoms with Crippen LogP contribution in [0.1, 0.15) is 44.8 Å². The van der Waals surface area contributed by atoms with Crippen LogP contribution in [0, 0.1) is 37.5 Å². The molecule has 218 valence electrons. The summed E-state index contributed by atoms with van der Waals surface area (Å²) < 4.78 is 80.1. The van der Waals surface area contributed by atoms with Crippen molar-refractivity contribution in [3.05, 3.63) is 138 Å². The smallest absolute Gasteiger partial charge is 0.269 e. The molecule has 0 saturated carbocycles. The number of halogens is 6. The minimum absolute atomic E-state index is 0.196. The summed E-state index contributed by atoms with van der Waals surface area (Å²) in [7, 11) is 0. The lowest BCUT2D eigenvalue weighted by Gasteiger charge is -2.10. The first-order valence-corrected chi connectivity index (χ1v) is 13.1. The van der Waals surface area contributed by atoms with Crippen molar-refractivity contribution in [1.29, 1.82) is 0 Å². The summed E-state index contributed by atoms with van der Waals surface area (Å²) in [6, 6.07) is 15.2. The van der Waals surface area contributed by atoms with Crippen LogP contribution in [0.4, 0.5) is 26.3 Å². The third-order valence-electron chi connectivity index (χ3n) is 7.46. The quantitative estimate of drug-likeness (QED) is 0.140. The fourth-order valence-corrected chi connectivity index (χ4v) is 5.24. The van der Waals surface area contributed by atoms with E-state index in [1.165, 1.54) is 33.1 Å². The zero-order valence-electron chi connectivity index (χ0n) is 22.9. The van der Waals surface area contributed by atoms with Crippen molar-refractivity contribution in [3.8, 4) is 23.7 Å². The highest BCUT2D eigenvalue weighted by molar-refractivity contribution is 5.95. The second-order valence-corrected chi connectivity index (χ2v) is 10.1. The van der Waals surface area contributed by atoms with Crippen LogP contribution in [0.25, 0.3) is 21.8 Å². The van der Waals surface area contributed by atoms with Crippen molar-refractivity contribution in [2.45, 2.75) is 26.2 Å². The number of benzene rings is 2. The molecule has 0 aliphatic heterocycles. The summed E-state index contributed by atoms with van der Waals surface area (Å²) >= 11 is 0. The van der Waals surface area contributed by atoms with Crippen LogP contribution in [0.2, 0.25) is 0 Å². The number of hydrogen-bond acceptors (Lipinski definition) is 2. The zero-order chi connectivity index (χ0) is 31.6. The van der Waals surface area contributed by atoms with Crippen LogP contribution < -0.4 is 11.1 Å². The van der Waals surface area contributed by atoms with Gasteiger partial charge in [0.15, 0.2) is 0 Å². The molecule has 0 saturated heterocycles. The highest BCUT2D eigenvalue weighted by Crippen LogP contribution is 2.30. The van der Waals surface area contributed by atoms with E-state index in [1.807, 2.05) is 0 Å². The van der Waals surface area contributed by atoms with Gasteiger partial charge in [-0.3, -0.25) is 18.4 Å². The summed E-state index contributed by atoms with van der Waals surface area (Å²) in [5.74, 6) is 11.3. The molecule has 10 heteroatoms. The average Bonchev–Trinajstić information content (AvgIpc) is 3.60. The number of hydrogen-bond donors (Lipinski definition) is 0. The zero-order valence-corrected chi connectivity index (χ0v) is 22.9. The van der Waals surface area contributed by atoms with E-state index in [1.54, 1.807) is 38.1 Å². The van der Waals surface area contributed by atoms with E-state index in [0.717, 1.165) is 24.3 Å². The second-order valence-electron chi connectivity index (χ2n) is 10.1. The number of alkyl halides is 6. The Morgan fingerprint density at radius 3 is 1.16 bits per heavy atom. The van der Waals surface area contributed by atoms with Crippen LogP contribution in [0.5, 0.6) is 0 Å². The van der Waals surface area contributed by atoms with Crippen LogP contribution in [-0.2, 0) is 12.4 Å². The second kappa shape index (κ2) is 10.1. The molecule has 44 heavy (non-hydrogen) atoms. The number of aryl methyl sites for hydroxylation is 2. The van der Waals surface area contributed by atoms with E-state index in [-0.39, 0.29) is 10.8 Å². The third-order valence-corrected chi connectivity index (χ3v) is 7.46. The molecule has 0 spiro atoms. The van der Waals surface area contributed by atoms with Gasteiger partial charge in [0, 0.05) is 11.1 Å². The van der Waals surface area contributed by atoms with Crippen molar-refractivity contribution in [2.75, 3.05) is 0 Å². The van der Waals surface area contributed by atoms with Crippen LogP contribution in [-0.4, -0.2) is 8.80 Å². The molecule has 0 fully saturated rings. The first-order chi connectivity index (χ1) is 20.8. The Balaban J connectivity index is 1.47. The van der Waals surface area contributed by atoms with E-state index in [0.29, 0.717) is 44.7 Å². The van der Waals surface area contributed by atoms with Gasteiger partial charge in [-0.05, 0) is 110 Å². The van der Waals surface area contributed by atoms with E-state index in [4.69, 9.17) is 0 Å². The van der Waals surface area contributed by atoms with Gasteiger partial charge < -0.3 is 0 Å². The van der Waals surface area contributed by atoms with E-state index in [2.05, 4.69) is 23.7 Å². The lowest BCUT2D eigenvalue weighted by atomic mass is 10.0. The number of nitrogens with zero attached hydrogens (tertiary/aromatic N) is 2. The van der Waals surface area contributed by atoms with Gasteiger partial charge >= 0.3 is 12.4 Å². The predicted octanol–water partition coefficient (Wildman–Crippen LogP) is 6.96. The highest BCUT2D eigenvalue weighted by atomic mass is 19.4. The topological polar surface area (TPSA) is 43.0 Å². The Morgan fingerprint density at radius 2 is 0.841 bits per heavy atom. The fraction of sp³-hybridized carbons (Fsp3) is 0.118. The molecule has 0 radical (unpaired) electrons. The molecule has 0 amide bonds. The molecule has 0 aliphatic carbocycles. The molecule has 6 rings (SSSR count). The molecule has 4 heterocycles. The van der Waals surface area contributed by atoms with Gasteiger partial charge in [0.05, 0.1) is 32.9 Å². The molecule has 6 aromatic rings. The van der Waals surface area contributed by atoms with Gasteiger partial charge in [-0.1, -0.05) is 11.8 Å². The minimum Gasteiger partial charge on any atom is -0.269 e. The highest BCUT2D eigenvalue weighted by Gasteiger charge is 2.30. The van der Waals surface area contributed by atoms with Gasteiger partial charge in [-0.15, -0.1) is 0 Å². The van der Waals surface area contributed by atoms with E-state index < -0.39 is 34.6 Å². The van der Waals surface area contributed by atoms with Crippen molar-refractivity contribution >= 4 is 21.8 Å². The number of aromatic nitrogens is 2. The SMILES string of the molecule is Cc1c2c(=O)n3c(C#Cc4ccc(C(F)(F)F)cc4)ccc3c(C)c2c(=O)n2c(C#Cc3ccc(C(F)(F)F)cc3)ccc12. The molecular formula is C34H18F6N2O2. The van der Waals surface area contributed by atoms with Crippen LogP contribution in [0.15, 0.2) is 82.4 Å². The summed E-state index contributed by atoms with van der Waals surface area (Å²) in [5, 5.41) is 0.392. The Morgan fingerprint density at radius 1 is 0.500 bits per heavy atom. The van der Waals surface area contributed by atoms with Crippen molar-refractivity contribution in [1.82, 2.24) is 8.80 Å². The molecule has 0 N–H and O–H groups in total. The first-order valence-electron chi connectivity index (χ1n) is 13.1. The summed E-state index contributed by atoms with van der Waals surface area (Å²) in [5.41, 5.74) is 0.658.